The third-order valence-electron chi connectivity index (χ3n) is 2.37. The summed E-state index contributed by atoms with van der Waals surface area (Å²) in [4.78, 5) is 8.13. The van der Waals surface area contributed by atoms with Crippen LogP contribution in [0.25, 0.3) is 0 Å². The SMILES string of the molecule is CC(Nc1ncc(Cl)cc1Cl)c1ccncc1. The van der Waals surface area contributed by atoms with Crippen LogP contribution < -0.4 is 5.32 Å². The lowest BCUT2D eigenvalue weighted by atomic mass is 10.1. The van der Waals surface area contributed by atoms with Crippen LogP contribution in [0.4, 0.5) is 5.82 Å². The normalized spacial score (nSPS) is 12.2. The molecule has 0 amide bonds. The third-order valence-corrected chi connectivity index (χ3v) is 2.86. The first-order valence-corrected chi connectivity index (χ1v) is 5.90. The standard InChI is InChI=1S/C12H11Cl2N3/c1-8(9-2-4-15-5-3-9)17-12-11(14)6-10(13)7-16-12/h2-8H,1H3,(H,16,17). The number of anilines is 1. The van der Waals surface area contributed by atoms with E-state index in [1.165, 1.54) is 0 Å². The molecule has 0 saturated carbocycles. The van der Waals surface area contributed by atoms with Crippen molar-refractivity contribution in [1.82, 2.24) is 9.97 Å². The van der Waals surface area contributed by atoms with Crippen molar-refractivity contribution in [3.05, 3.63) is 52.4 Å². The first-order chi connectivity index (χ1) is 8.16. The van der Waals surface area contributed by atoms with E-state index in [-0.39, 0.29) is 6.04 Å². The number of pyridine rings is 2. The van der Waals surface area contributed by atoms with Crippen LogP contribution in [-0.4, -0.2) is 9.97 Å². The molecule has 88 valence electrons. The quantitative estimate of drug-likeness (QED) is 0.915. The Morgan fingerprint density at radius 1 is 1.24 bits per heavy atom. The molecule has 17 heavy (non-hydrogen) atoms. The van der Waals surface area contributed by atoms with Crippen molar-refractivity contribution in [1.29, 1.82) is 0 Å². The molecule has 1 atom stereocenters. The highest BCUT2D eigenvalue weighted by Gasteiger charge is 2.08. The van der Waals surface area contributed by atoms with Crippen LogP contribution in [-0.2, 0) is 0 Å². The summed E-state index contributed by atoms with van der Waals surface area (Å²) in [6.07, 6.45) is 5.07. The smallest absolute Gasteiger partial charge is 0.145 e. The van der Waals surface area contributed by atoms with Gasteiger partial charge in [0.1, 0.15) is 5.82 Å². The first kappa shape index (κ1) is 12.1. The molecule has 2 aromatic heterocycles. The molecule has 2 rings (SSSR count). The Morgan fingerprint density at radius 2 is 1.94 bits per heavy atom. The van der Waals surface area contributed by atoms with Crippen LogP contribution in [0.1, 0.15) is 18.5 Å². The van der Waals surface area contributed by atoms with Crippen molar-refractivity contribution < 1.29 is 0 Å². The summed E-state index contributed by atoms with van der Waals surface area (Å²) < 4.78 is 0. The summed E-state index contributed by atoms with van der Waals surface area (Å²) in [5.41, 5.74) is 1.12. The molecule has 1 unspecified atom stereocenters. The molecule has 0 bridgehead atoms. The number of nitrogens with zero attached hydrogens (tertiary/aromatic N) is 2. The predicted octanol–water partition coefficient (Wildman–Crippen LogP) is 3.96. The Balaban J connectivity index is 2.16. The fraction of sp³-hybridized carbons (Fsp3) is 0.167. The van der Waals surface area contributed by atoms with Crippen molar-refractivity contribution in [2.24, 2.45) is 0 Å². The summed E-state index contributed by atoms with van der Waals surface area (Å²) in [6, 6.07) is 5.66. The maximum atomic E-state index is 6.04. The minimum absolute atomic E-state index is 0.101. The van der Waals surface area contributed by atoms with Gasteiger partial charge in [0.15, 0.2) is 0 Å². The largest absolute Gasteiger partial charge is 0.362 e. The van der Waals surface area contributed by atoms with E-state index in [0.29, 0.717) is 15.9 Å². The highest BCUT2D eigenvalue weighted by molar-refractivity contribution is 6.35. The predicted molar refractivity (Wildman–Crippen MR) is 70.5 cm³/mol. The molecule has 1 N–H and O–H groups in total. The second-order valence-electron chi connectivity index (χ2n) is 3.63. The summed E-state index contributed by atoms with van der Waals surface area (Å²) in [5.74, 6) is 0.625. The lowest BCUT2D eigenvalue weighted by Gasteiger charge is -2.15. The van der Waals surface area contributed by atoms with Gasteiger partial charge in [-0.25, -0.2) is 4.98 Å². The van der Waals surface area contributed by atoms with Gasteiger partial charge in [0.05, 0.1) is 16.1 Å². The van der Waals surface area contributed by atoms with Gasteiger partial charge in [0.2, 0.25) is 0 Å². The van der Waals surface area contributed by atoms with Gasteiger partial charge >= 0.3 is 0 Å². The van der Waals surface area contributed by atoms with Gasteiger partial charge in [0.25, 0.3) is 0 Å². The zero-order chi connectivity index (χ0) is 12.3. The molecule has 2 aromatic rings. The zero-order valence-electron chi connectivity index (χ0n) is 9.19. The van der Waals surface area contributed by atoms with Gasteiger partial charge in [-0.2, -0.15) is 0 Å². The summed E-state index contributed by atoms with van der Waals surface area (Å²) in [5, 5.41) is 4.26. The van der Waals surface area contributed by atoms with E-state index in [0.717, 1.165) is 5.56 Å². The highest BCUT2D eigenvalue weighted by atomic mass is 35.5. The number of halogens is 2. The summed E-state index contributed by atoms with van der Waals surface area (Å²) >= 11 is 11.8. The van der Waals surface area contributed by atoms with Crippen molar-refractivity contribution in [2.45, 2.75) is 13.0 Å². The van der Waals surface area contributed by atoms with Gasteiger partial charge < -0.3 is 5.32 Å². The molecule has 0 aliphatic rings. The molecule has 0 saturated heterocycles. The molecule has 0 aliphatic carbocycles. The van der Waals surface area contributed by atoms with Gasteiger partial charge in [-0.1, -0.05) is 23.2 Å². The minimum Gasteiger partial charge on any atom is -0.362 e. The average Bonchev–Trinajstić information content (AvgIpc) is 2.34. The van der Waals surface area contributed by atoms with Gasteiger partial charge in [-0.05, 0) is 30.7 Å². The molecule has 0 aliphatic heterocycles. The number of nitrogens with one attached hydrogen (secondary N) is 1. The van der Waals surface area contributed by atoms with Crippen LogP contribution >= 0.6 is 23.2 Å². The van der Waals surface area contributed by atoms with E-state index >= 15 is 0 Å². The Hall–Kier alpha value is -1.32. The fourth-order valence-electron chi connectivity index (χ4n) is 1.46. The second kappa shape index (κ2) is 5.34. The monoisotopic (exact) mass is 267 g/mol. The van der Waals surface area contributed by atoms with Crippen LogP contribution in [0.2, 0.25) is 10.0 Å². The van der Waals surface area contributed by atoms with E-state index in [2.05, 4.69) is 15.3 Å². The van der Waals surface area contributed by atoms with Crippen LogP contribution in [0, 0.1) is 0 Å². The van der Waals surface area contributed by atoms with E-state index in [9.17, 15) is 0 Å². The van der Waals surface area contributed by atoms with Crippen molar-refractivity contribution in [2.75, 3.05) is 5.32 Å². The number of hydrogen-bond donors (Lipinski definition) is 1. The van der Waals surface area contributed by atoms with Crippen LogP contribution in [0.5, 0.6) is 0 Å². The van der Waals surface area contributed by atoms with E-state index in [1.54, 1.807) is 24.7 Å². The van der Waals surface area contributed by atoms with E-state index < -0.39 is 0 Å². The zero-order valence-corrected chi connectivity index (χ0v) is 10.7. The van der Waals surface area contributed by atoms with Gasteiger partial charge in [0, 0.05) is 18.6 Å². The third kappa shape index (κ3) is 3.08. The Bertz CT molecular complexity index is 502. The fourth-order valence-corrected chi connectivity index (χ4v) is 1.90. The summed E-state index contributed by atoms with van der Waals surface area (Å²) in [7, 11) is 0. The molecular weight excluding hydrogens is 257 g/mol. The lowest BCUT2D eigenvalue weighted by Crippen LogP contribution is -2.08. The van der Waals surface area contributed by atoms with E-state index in [4.69, 9.17) is 23.2 Å². The molecule has 5 heteroatoms. The Labute approximate surface area is 110 Å². The number of aromatic nitrogens is 2. The van der Waals surface area contributed by atoms with Crippen molar-refractivity contribution in [3.63, 3.8) is 0 Å². The average molecular weight is 268 g/mol. The van der Waals surface area contributed by atoms with Crippen molar-refractivity contribution in [3.8, 4) is 0 Å². The minimum atomic E-state index is 0.101. The molecule has 0 radical (unpaired) electrons. The van der Waals surface area contributed by atoms with E-state index in [1.807, 2.05) is 19.1 Å². The molecular formula is C12H11Cl2N3. The Kier molecular flexibility index (Phi) is 3.82. The highest BCUT2D eigenvalue weighted by Crippen LogP contribution is 2.26. The van der Waals surface area contributed by atoms with Crippen LogP contribution in [0.15, 0.2) is 36.8 Å². The van der Waals surface area contributed by atoms with Crippen LogP contribution in [0.3, 0.4) is 0 Å². The lowest BCUT2D eigenvalue weighted by molar-refractivity contribution is 0.871. The molecule has 3 nitrogen and oxygen atoms in total. The summed E-state index contributed by atoms with van der Waals surface area (Å²) in [6.45, 7) is 2.03. The molecule has 0 fully saturated rings. The molecule has 2 heterocycles. The maximum Gasteiger partial charge on any atom is 0.145 e. The molecule has 0 aromatic carbocycles. The number of rotatable bonds is 3. The molecule has 0 spiro atoms. The Morgan fingerprint density at radius 3 is 2.59 bits per heavy atom. The first-order valence-electron chi connectivity index (χ1n) is 5.14. The maximum absolute atomic E-state index is 6.04. The number of hydrogen-bond acceptors (Lipinski definition) is 3. The van der Waals surface area contributed by atoms with Gasteiger partial charge in [-0.15, -0.1) is 0 Å². The van der Waals surface area contributed by atoms with Crippen molar-refractivity contribution >= 4 is 29.0 Å². The van der Waals surface area contributed by atoms with Gasteiger partial charge in [-0.3, -0.25) is 4.98 Å². The topological polar surface area (TPSA) is 37.8 Å². The second-order valence-corrected chi connectivity index (χ2v) is 4.47.